The van der Waals surface area contributed by atoms with E-state index in [9.17, 15) is 0 Å². The molecule has 20 heavy (non-hydrogen) atoms. The van der Waals surface area contributed by atoms with E-state index in [-0.39, 0.29) is 5.41 Å². The molecular formula is C15H17Br2ClN2. The van der Waals surface area contributed by atoms with E-state index in [1.54, 1.807) is 0 Å². The van der Waals surface area contributed by atoms with Crippen molar-refractivity contribution in [3.63, 3.8) is 0 Å². The number of hydrogen-bond donors (Lipinski definition) is 0. The van der Waals surface area contributed by atoms with Crippen LogP contribution in [0.5, 0.6) is 0 Å². The van der Waals surface area contributed by atoms with Gasteiger partial charge in [-0.15, -0.1) is 0 Å². The largest absolute Gasteiger partial charge is 0.273 e. The zero-order valence-electron chi connectivity index (χ0n) is 11.3. The Balaban J connectivity index is 2.26. The van der Waals surface area contributed by atoms with E-state index < -0.39 is 0 Å². The molecular weight excluding hydrogens is 403 g/mol. The van der Waals surface area contributed by atoms with Crippen LogP contribution in [0.15, 0.2) is 36.5 Å². The lowest BCUT2D eigenvalue weighted by Gasteiger charge is -2.31. The SMILES string of the molecule is Cn1nccc1CCC(CBr)(CBr)c1ccccc1Cl. The molecule has 1 heterocycles. The fraction of sp³-hybridized carbons (Fsp3) is 0.400. The maximum Gasteiger partial charge on any atom is 0.0492 e. The Morgan fingerprint density at radius 1 is 1.20 bits per heavy atom. The summed E-state index contributed by atoms with van der Waals surface area (Å²) in [5.41, 5.74) is 2.42. The second-order valence-corrected chi connectivity index (χ2v) is 6.50. The summed E-state index contributed by atoms with van der Waals surface area (Å²) >= 11 is 13.8. The maximum atomic E-state index is 6.40. The number of benzene rings is 1. The van der Waals surface area contributed by atoms with Gasteiger partial charge in [0.1, 0.15) is 0 Å². The molecule has 0 radical (unpaired) electrons. The van der Waals surface area contributed by atoms with Crippen LogP contribution in [0.4, 0.5) is 0 Å². The molecule has 0 spiro atoms. The van der Waals surface area contributed by atoms with E-state index in [1.165, 1.54) is 11.3 Å². The van der Waals surface area contributed by atoms with Crippen molar-refractivity contribution in [2.45, 2.75) is 18.3 Å². The molecule has 2 nitrogen and oxygen atoms in total. The second-order valence-electron chi connectivity index (χ2n) is 4.97. The van der Waals surface area contributed by atoms with Crippen LogP contribution in [0.25, 0.3) is 0 Å². The fourth-order valence-electron chi connectivity index (χ4n) is 2.35. The van der Waals surface area contributed by atoms with Crippen LogP contribution in [0, 0.1) is 0 Å². The summed E-state index contributed by atoms with van der Waals surface area (Å²) in [6.45, 7) is 0. The first kappa shape index (κ1) is 16.1. The smallest absolute Gasteiger partial charge is 0.0492 e. The Morgan fingerprint density at radius 2 is 1.90 bits per heavy atom. The minimum Gasteiger partial charge on any atom is -0.273 e. The molecule has 0 aliphatic carbocycles. The summed E-state index contributed by atoms with van der Waals surface area (Å²) in [6, 6.07) is 10.2. The molecule has 0 atom stereocenters. The quantitative estimate of drug-likeness (QED) is 0.618. The highest BCUT2D eigenvalue weighted by Gasteiger charge is 2.31. The Hall–Kier alpha value is -0.320. The summed E-state index contributed by atoms with van der Waals surface area (Å²) in [6.07, 6.45) is 3.82. The normalized spacial score (nSPS) is 11.8. The van der Waals surface area contributed by atoms with Crippen LogP contribution in [-0.4, -0.2) is 20.4 Å². The van der Waals surface area contributed by atoms with Gasteiger partial charge in [0.15, 0.2) is 0 Å². The van der Waals surface area contributed by atoms with Gasteiger partial charge in [-0.1, -0.05) is 61.7 Å². The van der Waals surface area contributed by atoms with Crippen molar-refractivity contribution in [1.29, 1.82) is 0 Å². The van der Waals surface area contributed by atoms with Crippen molar-refractivity contribution >= 4 is 43.5 Å². The minimum absolute atomic E-state index is 0.0113. The third-order valence-corrected chi connectivity index (χ3v) is 6.22. The van der Waals surface area contributed by atoms with Crippen molar-refractivity contribution < 1.29 is 0 Å². The standard InChI is InChI=1S/C15H17Br2ClN2/c1-20-12(7-9-19-20)6-8-15(10-16,11-17)13-4-2-3-5-14(13)18/h2-5,7,9H,6,8,10-11H2,1H3. The summed E-state index contributed by atoms with van der Waals surface area (Å²) in [7, 11) is 1.98. The highest BCUT2D eigenvalue weighted by Crippen LogP contribution is 2.37. The predicted octanol–water partition coefficient (Wildman–Crippen LogP) is 4.73. The third-order valence-electron chi connectivity index (χ3n) is 3.74. The summed E-state index contributed by atoms with van der Waals surface area (Å²) in [5.74, 6) is 0. The van der Waals surface area contributed by atoms with Crippen molar-refractivity contribution in [2.24, 2.45) is 7.05 Å². The molecule has 1 aromatic heterocycles. The van der Waals surface area contributed by atoms with Crippen LogP contribution in [0.2, 0.25) is 5.02 Å². The molecule has 0 unspecified atom stereocenters. The lowest BCUT2D eigenvalue weighted by Crippen LogP contribution is -2.31. The molecule has 0 saturated heterocycles. The number of nitrogens with zero attached hydrogens (tertiary/aromatic N) is 2. The van der Waals surface area contributed by atoms with Gasteiger partial charge in [-0.05, 0) is 30.5 Å². The number of hydrogen-bond acceptors (Lipinski definition) is 1. The summed E-state index contributed by atoms with van der Waals surface area (Å²) < 4.78 is 1.93. The first-order chi connectivity index (χ1) is 9.63. The zero-order valence-corrected chi connectivity index (χ0v) is 15.2. The third kappa shape index (κ3) is 3.29. The van der Waals surface area contributed by atoms with Crippen molar-refractivity contribution in [2.75, 3.05) is 10.7 Å². The minimum atomic E-state index is -0.0113. The first-order valence-corrected chi connectivity index (χ1v) is 9.09. The van der Waals surface area contributed by atoms with E-state index >= 15 is 0 Å². The molecule has 2 aromatic rings. The van der Waals surface area contributed by atoms with Gasteiger partial charge in [0, 0.05) is 40.0 Å². The van der Waals surface area contributed by atoms with Crippen molar-refractivity contribution in [3.8, 4) is 0 Å². The molecule has 5 heteroatoms. The van der Waals surface area contributed by atoms with Gasteiger partial charge in [-0.25, -0.2) is 0 Å². The van der Waals surface area contributed by atoms with E-state index in [1.807, 2.05) is 36.1 Å². The predicted molar refractivity (Wildman–Crippen MR) is 92.2 cm³/mol. The second kappa shape index (κ2) is 7.10. The highest BCUT2D eigenvalue weighted by atomic mass is 79.9. The fourth-order valence-corrected chi connectivity index (χ4v) is 4.78. The van der Waals surface area contributed by atoms with Crippen molar-refractivity contribution in [1.82, 2.24) is 9.78 Å². The van der Waals surface area contributed by atoms with Crippen LogP contribution < -0.4 is 0 Å². The van der Waals surface area contributed by atoms with Gasteiger partial charge < -0.3 is 0 Å². The molecule has 0 bridgehead atoms. The Bertz CT molecular complexity index is 565. The van der Waals surface area contributed by atoms with E-state index in [0.29, 0.717) is 0 Å². The van der Waals surface area contributed by atoms with Gasteiger partial charge in [0.05, 0.1) is 0 Å². The van der Waals surface area contributed by atoms with Gasteiger partial charge in [0.25, 0.3) is 0 Å². The highest BCUT2D eigenvalue weighted by molar-refractivity contribution is 9.09. The number of rotatable bonds is 6. The van der Waals surface area contributed by atoms with Gasteiger partial charge in [-0.2, -0.15) is 5.10 Å². The lowest BCUT2D eigenvalue weighted by molar-refractivity contribution is 0.494. The molecule has 0 amide bonds. The number of aryl methyl sites for hydroxylation is 2. The molecule has 108 valence electrons. The van der Waals surface area contributed by atoms with Crippen LogP contribution in [0.3, 0.4) is 0 Å². The van der Waals surface area contributed by atoms with Gasteiger partial charge in [0.2, 0.25) is 0 Å². The molecule has 2 rings (SSSR count). The summed E-state index contributed by atoms with van der Waals surface area (Å²) in [5, 5.41) is 6.79. The monoisotopic (exact) mass is 418 g/mol. The average Bonchev–Trinajstić information content (AvgIpc) is 2.87. The molecule has 1 aromatic carbocycles. The van der Waals surface area contributed by atoms with Crippen LogP contribution >= 0.6 is 43.5 Å². The van der Waals surface area contributed by atoms with E-state index in [4.69, 9.17) is 11.6 Å². The molecule has 0 aliphatic heterocycles. The van der Waals surface area contributed by atoms with E-state index in [0.717, 1.165) is 28.5 Å². The number of alkyl halides is 2. The molecule has 0 N–H and O–H groups in total. The molecule has 0 saturated carbocycles. The maximum absolute atomic E-state index is 6.40. The zero-order chi connectivity index (χ0) is 14.6. The number of halogens is 3. The van der Waals surface area contributed by atoms with Gasteiger partial charge >= 0.3 is 0 Å². The summed E-state index contributed by atoms with van der Waals surface area (Å²) in [4.78, 5) is 0. The Kier molecular flexibility index (Phi) is 5.70. The Morgan fingerprint density at radius 3 is 2.45 bits per heavy atom. The lowest BCUT2D eigenvalue weighted by atomic mass is 9.80. The van der Waals surface area contributed by atoms with Crippen molar-refractivity contribution in [3.05, 3.63) is 52.8 Å². The van der Waals surface area contributed by atoms with Gasteiger partial charge in [-0.3, -0.25) is 4.68 Å². The average molecular weight is 421 g/mol. The Labute approximate surface area is 141 Å². The molecule has 0 fully saturated rings. The van der Waals surface area contributed by atoms with Crippen LogP contribution in [0.1, 0.15) is 17.7 Å². The number of aromatic nitrogens is 2. The molecule has 0 aliphatic rings. The topological polar surface area (TPSA) is 17.8 Å². The van der Waals surface area contributed by atoms with Crippen LogP contribution in [-0.2, 0) is 18.9 Å². The van der Waals surface area contributed by atoms with E-state index in [2.05, 4.69) is 49.1 Å². The first-order valence-electron chi connectivity index (χ1n) is 6.47.